The molecule has 14 heavy (non-hydrogen) atoms. The van der Waals surface area contributed by atoms with Gasteiger partial charge >= 0.3 is 11.9 Å². The second-order valence-corrected chi connectivity index (χ2v) is 2.95. The Morgan fingerprint density at radius 2 is 2.14 bits per heavy atom. The molecular formula is C10H8O4. The Morgan fingerprint density at radius 3 is 2.86 bits per heavy atom. The number of para-hydroxylation sites is 1. The molecule has 0 bridgehead atoms. The number of carbonyl (C=O) groups is 2. The van der Waals surface area contributed by atoms with Crippen molar-refractivity contribution in [3.05, 3.63) is 29.8 Å². The molecule has 2 rings (SSSR count). The quantitative estimate of drug-likeness (QED) is 0.495. The van der Waals surface area contributed by atoms with E-state index in [-0.39, 0.29) is 0 Å². The maximum Gasteiger partial charge on any atom is 0.357 e. The molecule has 4 nitrogen and oxygen atoms in total. The largest absolute Gasteiger partial charge is 0.445 e. The van der Waals surface area contributed by atoms with Crippen molar-refractivity contribution in [3.8, 4) is 5.75 Å². The van der Waals surface area contributed by atoms with E-state index in [0.29, 0.717) is 11.3 Å². The molecule has 1 aromatic rings. The molecule has 0 amide bonds. The van der Waals surface area contributed by atoms with Crippen molar-refractivity contribution in [3.63, 3.8) is 0 Å². The number of carbonyl (C=O) groups excluding carboxylic acids is 2. The van der Waals surface area contributed by atoms with Crippen molar-refractivity contribution in [1.29, 1.82) is 0 Å². The van der Waals surface area contributed by atoms with Gasteiger partial charge in [0.05, 0.1) is 0 Å². The van der Waals surface area contributed by atoms with Crippen LogP contribution in [0.4, 0.5) is 0 Å². The van der Waals surface area contributed by atoms with Crippen molar-refractivity contribution in [2.24, 2.45) is 0 Å². The lowest BCUT2D eigenvalue weighted by atomic mass is 10.1. The first-order chi connectivity index (χ1) is 6.68. The van der Waals surface area contributed by atoms with Crippen LogP contribution in [0.1, 0.15) is 18.6 Å². The molecule has 0 saturated carbocycles. The molecule has 1 aliphatic rings. The summed E-state index contributed by atoms with van der Waals surface area (Å²) >= 11 is 0. The van der Waals surface area contributed by atoms with Crippen LogP contribution in [0.25, 0.3) is 0 Å². The molecule has 4 heteroatoms. The summed E-state index contributed by atoms with van der Waals surface area (Å²) in [5.74, 6) is -0.575. The number of hydrogen-bond acceptors (Lipinski definition) is 4. The van der Waals surface area contributed by atoms with Gasteiger partial charge in [0.15, 0.2) is 0 Å². The average Bonchev–Trinajstić information content (AvgIpc) is 2.43. The van der Waals surface area contributed by atoms with Crippen molar-refractivity contribution in [2.45, 2.75) is 13.0 Å². The molecule has 0 spiro atoms. The standard InChI is InChI=1S/C10H8O4/c1-6(11)13-9-7-4-2-3-5-8(7)14-10(9)12/h2-5,9H,1H3. The first-order valence-corrected chi connectivity index (χ1v) is 4.16. The van der Waals surface area contributed by atoms with Crippen LogP contribution in [0.5, 0.6) is 5.75 Å². The summed E-state index contributed by atoms with van der Waals surface area (Å²) in [5, 5.41) is 0. The van der Waals surface area contributed by atoms with E-state index < -0.39 is 18.0 Å². The molecule has 72 valence electrons. The lowest BCUT2D eigenvalue weighted by Crippen LogP contribution is -2.15. The van der Waals surface area contributed by atoms with Gasteiger partial charge in [-0.05, 0) is 6.07 Å². The predicted molar refractivity (Wildman–Crippen MR) is 46.6 cm³/mol. The van der Waals surface area contributed by atoms with E-state index in [4.69, 9.17) is 9.47 Å². The van der Waals surface area contributed by atoms with E-state index in [1.54, 1.807) is 24.3 Å². The summed E-state index contributed by atoms with van der Waals surface area (Å²) in [6.45, 7) is 1.26. The third-order valence-electron chi connectivity index (χ3n) is 1.91. The minimum absolute atomic E-state index is 0.462. The molecule has 0 aromatic heterocycles. The Bertz CT molecular complexity index is 397. The van der Waals surface area contributed by atoms with E-state index in [9.17, 15) is 9.59 Å². The van der Waals surface area contributed by atoms with Crippen LogP contribution in [0.3, 0.4) is 0 Å². The van der Waals surface area contributed by atoms with Gasteiger partial charge in [0.1, 0.15) is 5.75 Å². The Labute approximate surface area is 80.4 Å². The SMILES string of the molecule is CC(=O)OC1C(=O)Oc2ccccc21. The van der Waals surface area contributed by atoms with Gasteiger partial charge in [0.2, 0.25) is 6.10 Å². The van der Waals surface area contributed by atoms with E-state index in [1.165, 1.54) is 6.92 Å². The molecule has 0 N–H and O–H groups in total. The number of hydrogen-bond donors (Lipinski definition) is 0. The fourth-order valence-electron chi connectivity index (χ4n) is 1.36. The van der Waals surface area contributed by atoms with Crippen molar-refractivity contribution in [2.75, 3.05) is 0 Å². The van der Waals surface area contributed by atoms with Gasteiger partial charge in [-0.25, -0.2) is 4.79 Å². The highest BCUT2D eigenvalue weighted by Gasteiger charge is 2.35. The third kappa shape index (κ3) is 1.35. The predicted octanol–water partition coefficient (Wildman–Crippen LogP) is 1.21. The van der Waals surface area contributed by atoms with Gasteiger partial charge in [0.25, 0.3) is 0 Å². The van der Waals surface area contributed by atoms with Crippen LogP contribution < -0.4 is 4.74 Å². The topological polar surface area (TPSA) is 52.6 Å². The number of rotatable bonds is 1. The first kappa shape index (κ1) is 8.74. The third-order valence-corrected chi connectivity index (χ3v) is 1.91. The van der Waals surface area contributed by atoms with Gasteiger partial charge in [-0.1, -0.05) is 18.2 Å². The van der Waals surface area contributed by atoms with Crippen LogP contribution in [0.15, 0.2) is 24.3 Å². The number of fused-ring (bicyclic) bond motifs is 1. The molecule has 1 aliphatic heterocycles. The molecule has 1 unspecified atom stereocenters. The fourth-order valence-corrected chi connectivity index (χ4v) is 1.36. The second kappa shape index (κ2) is 3.14. The van der Waals surface area contributed by atoms with Crippen molar-refractivity contribution >= 4 is 11.9 Å². The zero-order chi connectivity index (χ0) is 10.1. The van der Waals surface area contributed by atoms with E-state index in [2.05, 4.69) is 0 Å². The molecule has 0 radical (unpaired) electrons. The summed E-state index contributed by atoms with van der Waals surface area (Å²) in [4.78, 5) is 22.0. The summed E-state index contributed by atoms with van der Waals surface area (Å²) in [6.07, 6.45) is -0.899. The lowest BCUT2D eigenvalue weighted by molar-refractivity contribution is -0.158. The molecule has 1 aromatic carbocycles. The van der Waals surface area contributed by atoms with Gasteiger partial charge in [0, 0.05) is 12.5 Å². The molecule has 1 atom stereocenters. The molecule has 0 aliphatic carbocycles. The Morgan fingerprint density at radius 1 is 1.43 bits per heavy atom. The number of esters is 2. The summed E-state index contributed by atoms with van der Waals surface area (Å²) in [5.41, 5.74) is 0.604. The van der Waals surface area contributed by atoms with E-state index in [0.717, 1.165) is 0 Å². The second-order valence-electron chi connectivity index (χ2n) is 2.95. The highest BCUT2D eigenvalue weighted by Crippen LogP contribution is 2.35. The molecule has 1 heterocycles. The monoisotopic (exact) mass is 192 g/mol. The fraction of sp³-hybridized carbons (Fsp3) is 0.200. The van der Waals surface area contributed by atoms with Gasteiger partial charge in [-0.2, -0.15) is 0 Å². The average molecular weight is 192 g/mol. The van der Waals surface area contributed by atoms with E-state index >= 15 is 0 Å². The Kier molecular flexibility index (Phi) is 1.96. The van der Waals surface area contributed by atoms with Gasteiger partial charge < -0.3 is 9.47 Å². The highest BCUT2D eigenvalue weighted by atomic mass is 16.6. The Balaban J connectivity index is 2.34. The van der Waals surface area contributed by atoms with E-state index in [1.807, 2.05) is 0 Å². The molecule has 0 saturated heterocycles. The van der Waals surface area contributed by atoms with Crippen molar-refractivity contribution < 1.29 is 19.1 Å². The molecular weight excluding hydrogens is 184 g/mol. The smallest absolute Gasteiger partial charge is 0.357 e. The normalized spacial score (nSPS) is 18.6. The van der Waals surface area contributed by atoms with Crippen molar-refractivity contribution in [1.82, 2.24) is 0 Å². The van der Waals surface area contributed by atoms with Crippen LogP contribution in [-0.4, -0.2) is 11.9 Å². The zero-order valence-corrected chi connectivity index (χ0v) is 7.52. The maximum atomic E-state index is 11.3. The van der Waals surface area contributed by atoms with Crippen LogP contribution in [0, 0.1) is 0 Å². The first-order valence-electron chi connectivity index (χ1n) is 4.16. The maximum absolute atomic E-state index is 11.3. The summed E-state index contributed by atoms with van der Waals surface area (Å²) in [6, 6.07) is 6.88. The number of ether oxygens (including phenoxy) is 2. The van der Waals surface area contributed by atoms with Gasteiger partial charge in [-0.15, -0.1) is 0 Å². The van der Waals surface area contributed by atoms with Crippen LogP contribution in [-0.2, 0) is 14.3 Å². The number of benzene rings is 1. The minimum Gasteiger partial charge on any atom is -0.445 e. The lowest BCUT2D eigenvalue weighted by Gasteiger charge is -2.06. The van der Waals surface area contributed by atoms with Crippen LogP contribution in [0.2, 0.25) is 0 Å². The van der Waals surface area contributed by atoms with Crippen LogP contribution >= 0.6 is 0 Å². The zero-order valence-electron chi connectivity index (χ0n) is 7.52. The minimum atomic E-state index is -0.899. The Hall–Kier alpha value is -1.84. The summed E-state index contributed by atoms with van der Waals surface area (Å²) < 4.78 is 9.74. The van der Waals surface area contributed by atoms with Gasteiger partial charge in [-0.3, -0.25) is 4.79 Å². The molecule has 0 fully saturated rings. The summed E-state index contributed by atoms with van der Waals surface area (Å²) in [7, 11) is 0. The highest BCUT2D eigenvalue weighted by molar-refractivity contribution is 5.86.